The van der Waals surface area contributed by atoms with Crippen LogP contribution < -0.4 is 4.74 Å². The fraction of sp³-hybridized carbons (Fsp3) is 0.529. The number of aliphatic hydroxyl groups excluding tert-OH is 1. The van der Waals surface area contributed by atoms with Crippen LogP contribution in [0.5, 0.6) is 5.75 Å². The summed E-state index contributed by atoms with van der Waals surface area (Å²) in [6.45, 7) is 7.17. The zero-order valence-electron chi connectivity index (χ0n) is 14.3. The zero-order chi connectivity index (χ0) is 17.6. The number of hydrogen-bond acceptors (Lipinski definition) is 5. The summed E-state index contributed by atoms with van der Waals surface area (Å²) >= 11 is 0. The number of carbonyl (C=O) groups excluding carboxylic acids is 2. The van der Waals surface area contributed by atoms with Gasteiger partial charge in [-0.3, -0.25) is 4.79 Å². The predicted molar refractivity (Wildman–Crippen MR) is 86.2 cm³/mol. The van der Waals surface area contributed by atoms with Gasteiger partial charge in [-0.25, -0.2) is 4.79 Å². The third kappa shape index (κ3) is 6.69. The van der Waals surface area contributed by atoms with Gasteiger partial charge >= 0.3 is 12.1 Å². The Morgan fingerprint density at radius 2 is 1.78 bits per heavy atom. The van der Waals surface area contributed by atoms with Crippen LogP contribution in [0.4, 0.5) is 4.79 Å². The maximum Gasteiger partial charge on any atom is 0.410 e. The van der Waals surface area contributed by atoms with Gasteiger partial charge in [0.1, 0.15) is 11.4 Å². The first-order valence-corrected chi connectivity index (χ1v) is 7.55. The van der Waals surface area contributed by atoms with Gasteiger partial charge in [-0.1, -0.05) is 19.1 Å². The molecule has 0 heterocycles. The molecule has 0 aliphatic heterocycles. The maximum atomic E-state index is 11.9. The second-order valence-electron chi connectivity index (χ2n) is 6.27. The molecule has 0 spiro atoms. The average Bonchev–Trinajstić information content (AvgIpc) is 2.45. The van der Waals surface area contributed by atoms with Crippen LogP contribution in [-0.2, 0) is 9.53 Å². The second kappa shape index (κ2) is 7.97. The van der Waals surface area contributed by atoms with E-state index in [9.17, 15) is 14.7 Å². The van der Waals surface area contributed by atoms with E-state index in [2.05, 4.69) is 0 Å². The van der Waals surface area contributed by atoms with Gasteiger partial charge in [0.15, 0.2) is 0 Å². The number of carbonyl (C=O) groups is 2. The lowest BCUT2D eigenvalue weighted by Crippen LogP contribution is -2.36. The second-order valence-corrected chi connectivity index (χ2v) is 6.27. The van der Waals surface area contributed by atoms with E-state index in [-0.39, 0.29) is 12.5 Å². The number of hydrogen-bond donors (Lipinski definition) is 1. The largest absolute Gasteiger partial charge is 0.444 e. The number of aliphatic hydroxyl groups is 1. The summed E-state index contributed by atoms with van der Waals surface area (Å²) in [5.74, 6) is 0.108. The maximum absolute atomic E-state index is 11.9. The van der Waals surface area contributed by atoms with Crippen molar-refractivity contribution in [3.63, 3.8) is 0 Å². The van der Waals surface area contributed by atoms with Crippen molar-refractivity contribution in [2.45, 2.75) is 45.8 Å². The Morgan fingerprint density at radius 3 is 2.26 bits per heavy atom. The average molecular weight is 323 g/mol. The van der Waals surface area contributed by atoms with E-state index in [4.69, 9.17) is 9.47 Å². The zero-order valence-corrected chi connectivity index (χ0v) is 14.3. The molecule has 6 heteroatoms. The van der Waals surface area contributed by atoms with Crippen molar-refractivity contribution < 1.29 is 24.2 Å². The van der Waals surface area contributed by atoms with E-state index >= 15 is 0 Å². The minimum Gasteiger partial charge on any atom is -0.444 e. The van der Waals surface area contributed by atoms with Gasteiger partial charge in [-0.05, 0) is 38.5 Å². The van der Waals surface area contributed by atoms with Crippen molar-refractivity contribution in [1.82, 2.24) is 4.90 Å². The summed E-state index contributed by atoms with van der Waals surface area (Å²) < 4.78 is 10.3. The van der Waals surface area contributed by atoms with Crippen LogP contribution in [-0.4, -0.2) is 41.3 Å². The van der Waals surface area contributed by atoms with Crippen LogP contribution in [0.25, 0.3) is 0 Å². The van der Waals surface area contributed by atoms with Crippen LogP contribution in [0.1, 0.15) is 45.8 Å². The number of rotatable bonds is 5. The van der Waals surface area contributed by atoms with Crippen LogP contribution in [0.2, 0.25) is 0 Å². The van der Waals surface area contributed by atoms with Gasteiger partial charge in [-0.15, -0.1) is 0 Å². The Labute approximate surface area is 137 Å². The standard InChI is InChI=1S/C17H25NO5/c1-6-15(20)22-13-9-7-12(8-10-13)14(19)11-18(5)16(21)23-17(2,3)4/h7-10,14,19H,6,11H2,1-5H3. The van der Waals surface area contributed by atoms with E-state index in [0.717, 1.165) is 0 Å². The highest BCUT2D eigenvalue weighted by Gasteiger charge is 2.21. The van der Waals surface area contributed by atoms with E-state index in [1.54, 1.807) is 59.0 Å². The normalized spacial score (nSPS) is 12.4. The van der Waals surface area contributed by atoms with E-state index < -0.39 is 17.8 Å². The van der Waals surface area contributed by atoms with Crippen molar-refractivity contribution in [3.05, 3.63) is 29.8 Å². The van der Waals surface area contributed by atoms with Crippen molar-refractivity contribution >= 4 is 12.1 Å². The number of ether oxygens (including phenoxy) is 2. The molecule has 0 aliphatic rings. The van der Waals surface area contributed by atoms with Crippen molar-refractivity contribution in [2.24, 2.45) is 0 Å². The molecule has 0 bridgehead atoms. The predicted octanol–water partition coefficient (Wildman–Crippen LogP) is 2.90. The molecule has 0 aromatic heterocycles. The van der Waals surface area contributed by atoms with Crippen LogP contribution in [0.15, 0.2) is 24.3 Å². The third-order valence-corrected chi connectivity index (χ3v) is 2.94. The quantitative estimate of drug-likeness (QED) is 0.666. The highest BCUT2D eigenvalue weighted by molar-refractivity contribution is 5.71. The molecular weight excluding hydrogens is 298 g/mol. The lowest BCUT2D eigenvalue weighted by atomic mass is 10.1. The lowest BCUT2D eigenvalue weighted by molar-refractivity contribution is -0.134. The minimum absolute atomic E-state index is 0.100. The summed E-state index contributed by atoms with van der Waals surface area (Å²) in [6, 6.07) is 6.54. The molecule has 1 N–H and O–H groups in total. The molecule has 1 aromatic rings. The molecular formula is C17H25NO5. The van der Waals surface area contributed by atoms with Gasteiger partial charge in [-0.2, -0.15) is 0 Å². The van der Waals surface area contributed by atoms with Gasteiger partial charge in [0.05, 0.1) is 12.6 Å². The lowest BCUT2D eigenvalue weighted by Gasteiger charge is -2.26. The number of benzene rings is 1. The molecule has 23 heavy (non-hydrogen) atoms. The highest BCUT2D eigenvalue weighted by Crippen LogP contribution is 2.19. The molecule has 128 valence electrons. The van der Waals surface area contributed by atoms with Gasteiger partial charge < -0.3 is 19.5 Å². The van der Waals surface area contributed by atoms with Crippen molar-refractivity contribution in [3.8, 4) is 5.75 Å². The molecule has 1 amide bonds. The molecule has 0 fully saturated rings. The summed E-state index contributed by atoms with van der Waals surface area (Å²) in [6.07, 6.45) is -1.06. The molecule has 0 saturated heterocycles. The van der Waals surface area contributed by atoms with Crippen molar-refractivity contribution in [2.75, 3.05) is 13.6 Å². The Bertz CT molecular complexity index is 533. The molecule has 1 aromatic carbocycles. The summed E-state index contributed by atoms with van der Waals surface area (Å²) in [7, 11) is 1.56. The first kappa shape index (κ1) is 19.0. The summed E-state index contributed by atoms with van der Waals surface area (Å²) in [4.78, 5) is 24.4. The van der Waals surface area contributed by atoms with Crippen LogP contribution >= 0.6 is 0 Å². The topological polar surface area (TPSA) is 76.1 Å². The molecule has 1 atom stereocenters. The minimum atomic E-state index is -0.858. The summed E-state index contributed by atoms with van der Waals surface area (Å²) in [5, 5.41) is 10.2. The highest BCUT2D eigenvalue weighted by atomic mass is 16.6. The van der Waals surface area contributed by atoms with Crippen LogP contribution in [0.3, 0.4) is 0 Å². The first-order valence-electron chi connectivity index (χ1n) is 7.55. The number of esters is 1. The van der Waals surface area contributed by atoms with E-state index in [1.165, 1.54) is 4.90 Å². The van der Waals surface area contributed by atoms with Gasteiger partial charge in [0.25, 0.3) is 0 Å². The number of nitrogens with zero attached hydrogens (tertiary/aromatic N) is 1. The summed E-state index contributed by atoms with van der Waals surface area (Å²) in [5.41, 5.74) is 0.0397. The molecule has 6 nitrogen and oxygen atoms in total. The number of amides is 1. The van der Waals surface area contributed by atoms with Crippen LogP contribution in [0, 0.1) is 0 Å². The third-order valence-electron chi connectivity index (χ3n) is 2.94. The van der Waals surface area contributed by atoms with Gasteiger partial charge in [0, 0.05) is 13.5 Å². The van der Waals surface area contributed by atoms with E-state index in [1.807, 2.05) is 0 Å². The van der Waals surface area contributed by atoms with Crippen molar-refractivity contribution in [1.29, 1.82) is 0 Å². The molecule has 0 aliphatic carbocycles. The molecule has 0 saturated carbocycles. The van der Waals surface area contributed by atoms with E-state index in [0.29, 0.717) is 17.7 Å². The Hall–Kier alpha value is -2.08. The fourth-order valence-corrected chi connectivity index (χ4v) is 1.74. The molecule has 1 unspecified atom stereocenters. The Kier molecular flexibility index (Phi) is 6.57. The first-order chi connectivity index (χ1) is 10.6. The molecule has 0 radical (unpaired) electrons. The SMILES string of the molecule is CCC(=O)Oc1ccc(C(O)CN(C)C(=O)OC(C)(C)C)cc1. The Balaban J connectivity index is 2.62. The van der Waals surface area contributed by atoms with Gasteiger partial charge in [0.2, 0.25) is 0 Å². The fourth-order valence-electron chi connectivity index (χ4n) is 1.74. The Morgan fingerprint density at radius 1 is 1.22 bits per heavy atom. The monoisotopic (exact) mass is 323 g/mol. The molecule has 1 rings (SSSR count). The number of likely N-dealkylation sites (N-methyl/N-ethyl adjacent to an activating group) is 1. The smallest absolute Gasteiger partial charge is 0.410 e.